The van der Waals surface area contributed by atoms with Crippen LogP contribution in [0.3, 0.4) is 0 Å². The zero-order chi connectivity index (χ0) is 12.7. The van der Waals surface area contributed by atoms with E-state index in [4.69, 9.17) is 10.5 Å². The second-order valence-electron chi connectivity index (χ2n) is 3.90. The number of hydrogen-bond acceptors (Lipinski definition) is 3. The quantitative estimate of drug-likeness (QED) is 0.793. The first kappa shape index (κ1) is 13.7. The predicted octanol–water partition coefficient (Wildman–Crippen LogP) is 1.90. The van der Waals surface area contributed by atoms with Gasteiger partial charge in [0.25, 0.3) is 5.91 Å². The summed E-state index contributed by atoms with van der Waals surface area (Å²) in [6.07, 6.45) is 0.479. The molecule has 1 unspecified atom stereocenters. The Bertz CT molecular complexity index is 349. The van der Waals surface area contributed by atoms with Crippen LogP contribution in [0.2, 0.25) is 0 Å². The lowest BCUT2D eigenvalue weighted by atomic mass is 10.2. The number of benzene rings is 1. The molecule has 0 aliphatic carbocycles. The maximum absolute atomic E-state index is 11.7. The van der Waals surface area contributed by atoms with E-state index in [2.05, 4.69) is 5.32 Å². The summed E-state index contributed by atoms with van der Waals surface area (Å²) in [6, 6.07) is 7.47. The van der Waals surface area contributed by atoms with Crippen LogP contribution in [0.1, 0.15) is 25.8 Å². The summed E-state index contributed by atoms with van der Waals surface area (Å²) in [4.78, 5) is 11.7. The van der Waals surface area contributed by atoms with Crippen molar-refractivity contribution in [1.82, 2.24) is 0 Å². The number of carbonyl (C=O) groups is 1. The number of nitrogens with one attached hydrogen (secondary N) is 1. The van der Waals surface area contributed by atoms with Gasteiger partial charge in [0.1, 0.15) is 6.10 Å². The van der Waals surface area contributed by atoms with Crippen molar-refractivity contribution in [3.05, 3.63) is 29.8 Å². The van der Waals surface area contributed by atoms with E-state index in [0.717, 1.165) is 17.7 Å². The van der Waals surface area contributed by atoms with Crippen molar-refractivity contribution in [1.29, 1.82) is 0 Å². The minimum atomic E-state index is -0.427. The summed E-state index contributed by atoms with van der Waals surface area (Å²) < 4.78 is 5.34. The Kier molecular flexibility index (Phi) is 5.66. The van der Waals surface area contributed by atoms with Gasteiger partial charge in [-0.2, -0.15) is 0 Å². The van der Waals surface area contributed by atoms with Gasteiger partial charge in [0.05, 0.1) is 0 Å². The van der Waals surface area contributed by atoms with Crippen LogP contribution in [0.25, 0.3) is 0 Å². The Hall–Kier alpha value is -1.39. The topological polar surface area (TPSA) is 64.3 Å². The number of amides is 1. The van der Waals surface area contributed by atoms with Crippen molar-refractivity contribution in [2.75, 3.05) is 11.9 Å². The van der Waals surface area contributed by atoms with Crippen LogP contribution in [-0.4, -0.2) is 18.6 Å². The minimum Gasteiger partial charge on any atom is -0.369 e. The average molecular weight is 236 g/mol. The molecule has 0 radical (unpaired) electrons. The predicted molar refractivity (Wildman–Crippen MR) is 68.7 cm³/mol. The molecule has 0 saturated carbocycles. The van der Waals surface area contributed by atoms with Crippen LogP contribution < -0.4 is 11.1 Å². The molecule has 0 heterocycles. The summed E-state index contributed by atoms with van der Waals surface area (Å²) >= 11 is 0. The lowest BCUT2D eigenvalue weighted by molar-refractivity contribution is -0.126. The van der Waals surface area contributed by atoms with Gasteiger partial charge in [-0.15, -0.1) is 0 Å². The average Bonchev–Trinajstić information content (AvgIpc) is 2.36. The maximum Gasteiger partial charge on any atom is 0.253 e. The van der Waals surface area contributed by atoms with Gasteiger partial charge < -0.3 is 15.8 Å². The highest BCUT2D eigenvalue weighted by molar-refractivity contribution is 5.93. The van der Waals surface area contributed by atoms with Crippen LogP contribution in [-0.2, 0) is 16.1 Å². The molecule has 4 nitrogen and oxygen atoms in total. The highest BCUT2D eigenvalue weighted by Crippen LogP contribution is 2.10. The van der Waals surface area contributed by atoms with Crippen LogP contribution in [0.5, 0.6) is 0 Å². The zero-order valence-corrected chi connectivity index (χ0v) is 10.4. The number of anilines is 1. The molecule has 0 aliphatic rings. The van der Waals surface area contributed by atoms with Gasteiger partial charge in [-0.1, -0.05) is 19.1 Å². The third-order valence-electron chi connectivity index (χ3n) is 2.40. The molecule has 0 aliphatic heterocycles. The second-order valence-corrected chi connectivity index (χ2v) is 3.90. The molecule has 4 heteroatoms. The molecule has 0 spiro atoms. The molecule has 0 aromatic heterocycles. The molecule has 0 bridgehead atoms. The molecule has 1 aromatic carbocycles. The second kappa shape index (κ2) is 7.04. The molecule has 94 valence electrons. The first-order chi connectivity index (χ1) is 8.17. The van der Waals surface area contributed by atoms with Gasteiger partial charge in [0.15, 0.2) is 0 Å². The van der Waals surface area contributed by atoms with Crippen LogP contribution in [0.15, 0.2) is 24.3 Å². The van der Waals surface area contributed by atoms with Gasteiger partial charge in [0.2, 0.25) is 0 Å². The third kappa shape index (κ3) is 4.54. The number of nitrogens with two attached hydrogens (primary N) is 1. The monoisotopic (exact) mass is 236 g/mol. The molecule has 1 atom stereocenters. The van der Waals surface area contributed by atoms with Crippen LogP contribution >= 0.6 is 0 Å². The lowest BCUT2D eigenvalue weighted by Crippen LogP contribution is -2.27. The van der Waals surface area contributed by atoms with Crippen molar-refractivity contribution in [3.8, 4) is 0 Å². The van der Waals surface area contributed by atoms with E-state index in [1.54, 1.807) is 6.92 Å². The highest BCUT2D eigenvalue weighted by Gasteiger charge is 2.12. The summed E-state index contributed by atoms with van der Waals surface area (Å²) in [6.45, 7) is 4.86. The molecule has 3 N–H and O–H groups in total. The van der Waals surface area contributed by atoms with Crippen LogP contribution in [0.4, 0.5) is 5.69 Å². The van der Waals surface area contributed by atoms with Crippen molar-refractivity contribution in [2.24, 2.45) is 5.73 Å². The van der Waals surface area contributed by atoms with Gasteiger partial charge in [-0.05, 0) is 31.0 Å². The third-order valence-corrected chi connectivity index (χ3v) is 2.40. The van der Waals surface area contributed by atoms with E-state index in [9.17, 15) is 4.79 Å². The normalized spacial score (nSPS) is 12.2. The van der Waals surface area contributed by atoms with Crippen molar-refractivity contribution >= 4 is 11.6 Å². The molecule has 17 heavy (non-hydrogen) atoms. The number of carbonyl (C=O) groups excluding carboxylic acids is 1. The van der Waals surface area contributed by atoms with Crippen molar-refractivity contribution < 1.29 is 9.53 Å². The molecule has 1 aromatic rings. The van der Waals surface area contributed by atoms with Gasteiger partial charge in [-0.3, -0.25) is 4.79 Å². The summed E-state index contributed by atoms with van der Waals surface area (Å²) in [5.41, 5.74) is 7.30. The van der Waals surface area contributed by atoms with E-state index in [0.29, 0.717) is 13.2 Å². The van der Waals surface area contributed by atoms with Gasteiger partial charge in [-0.25, -0.2) is 0 Å². The maximum atomic E-state index is 11.7. The van der Waals surface area contributed by atoms with Crippen molar-refractivity contribution in [3.63, 3.8) is 0 Å². The van der Waals surface area contributed by atoms with E-state index in [-0.39, 0.29) is 5.91 Å². The number of hydrogen-bond donors (Lipinski definition) is 2. The largest absolute Gasteiger partial charge is 0.369 e. The molecule has 1 rings (SSSR count). The molecule has 0 saturated heterocycles. The molecular weight excluding hydrogens is 216 g/mol. The molecular formula is C13H20N2O2. The Balaban J connectivity index is 2.49. The Morgan fingerprint density at radius 1 is 1.41 bits per heavy atom. The number of rotatable bonds is 6. The number of ether oxygens (including phenoxy) is 1. The first-order valence-corrected chi connectivity index (χ1v) is 5.88. The fourth-order valence-electron chi connectivity index (χ4n) is 1.34. The highest BCUT2D eigenvalue weighted by atomic mass is 16.5. The van der Waals surface area contributed by atoms with Gasteiger partial charge >= 0.3 is 0 Å². The SMILES string of the molecule is CCCOC(C)C(=O)Nc1ccc(CN)cc1. The first-order valence-electron chi connectivity index (χ1n) is 5.88. The summed E-state index contributed by atoms with van der Waals surface area (Å²) in [5, 5.41) is 2.80. The minimum absolute atomic E-state index is 0.126. The van der Waals surface area contributed by atoms with E-state index in [1.165, 1.54) is 0 Å². The zero-order valence-electron chi connectivity index (χ0n) is 10.4. The van der Waals surface area contributed by atoms with E-state index in [1.807, 2.05) is 31.2 Å². The van der Waals surface area contributed by atoms with E-state index >= 15 is 0 Å². The fraction of sp³-hybridized carbons (Fsp3) is 0.462. The summed E-state index contributed by atoms with van der Waals surface area (Å²) in [7, 11) is 0. The van der Waals surface area contributed by atoms with Crippen LogP contribution in [0, 0.1) is 0 Å². The fourth-order valence-corrected chi connectivity index (χ4v) is 1.34. The summed E-state index contributed by atoms with van der Waals surface area (Å²) in [5.74, 6) is -0.126. The Morgan fingerprint density at radius 2 is 2.06 bits per heavy atom. The van der Waals surface area contributed by atoms with Gasteiger partial charge in [0, 0.05) is 18.8 Å². The Labute approximate surface area is 102 Å². The van der Waals surface area contributed by atoms with E-state index < -0.39 is 6.10 Å². The standard InChI is InChI=1S/C13H20N2O2/c1-3-8-17-10(2)13(16)15-12-6-4-11(9-14)5-7-12/h4-7,10H,3,8-9,14H2,1-2H3,(H,15,16). The Morgan fingerprint density at radius 3 is 2.59 bits per heavy atom. The molecule has 0 fully saturated rings. The lowest BCUT2D eigenvalue weighted by Gasteiger charge is -2.12. The van der Waals surface area contributed by atoms with Crippen molar-refractivity contribution in [2.45, 2.75) is 32.9 Å². The molecule has 1 amide bonds. The smallest absolute Gasteiger partial charge is 0.253 e.